The first kappa shape index (κ1) is 11.9. The van der Waals surface area contributed by atoms with E-state index in [4.69, 9.17) is 0 Å². The molecule has 0 fully saturated rings. The highest BCUT2D eigenvalue weighted by Gasteiger charge is 2.11. The molecule has 2 aromatic heterocycles. The molecular formula is C13H13BrN3S+. The first-order valence-electron chi connectivity index (χ1n) is 5.68. The summed E-state index contributed by atoms with van der Waals surface area (Å²) in [4.78, 5) is 4.63. The van der Waals surface area contributed by atoms with Crippen LogP contribution in [-0.4, -0.2) is 9.55 Å². The lowest BCUT2D eigenvalue weighted by Gasteiger charge is -2.01. The summed E-state index contributed by atoms with van der Waals surface area (Å²) < 4.78 is 6.57. The van der Waals surface area contributed by atoms with Gasteiger partial charge in [0, 0.05) is 10.0 Å². The maximum atomic E-state index is 4.63. The molecule has 0 aliphatic rings. The van der Waals surface area contributed by atoms with E-state index in [0.29, 0.717) is 0 Å². The van der Waals surface area contributed by atoms with Gasteiger partial charge in [-0.3, -0.25) is 0 Å². The second kappa shape index (κ2) is 4.48. The molecule has 0 atom stereocenters. The van der Waals surface area contributed by atoms with E-state index in [1.807, 2.05) is 17.8 Å². The zero-order valence-corrected chi connectivity index (χ0v) is 12.6. The number of hydrogen-bond donors (Lipinski definition) is 0. The Balaban J connectivity index is 2.10. The predicted molar refractivity (Wildman–Crippen MR) is 76.8 cm³/mol. The summed E-state index contributed by atoms with van der Waals surface area (Å²) in [6.07, 6.45) is 6.19. The monoisotopic (exact) mass is 322 g/mol. The third kappa shape index (κ3) is 2.20. The topological polar surface area (TPSA) is 21.7 Å². The normalized spacial score (nSPS) is 11.3. The van der Waals surface area contributed by atoms with Crippen LogP contribution in [0.3, 0.4) is 0 Å². The van der Waals surface area contributed by atoms with Crippen LogP contribution in [0.15, 0.2) is 35.3 Å². The summed E-state index contributed by atoms with van der Waals surface area (Å²) in [5.41, 5.74) is 2.37. The van der Waals surface area contributed by atoms with Crippen molar-refractivity contribution in [3.63, 3.8) is 0 Å². The Morgan fingerprint density at radius 2 is 2.28 bits per heavy atom. The SMILES string of the molecule is Cc1nc2c(Cn3cc[n+](C)c3)cc(Br)cc2s1. The van der Waals surface area contributed by atoms with E-state index in [0.717, 1.165) is 21.5 Å². The minimum atomic E-state index is 0.847. The van der Waals surface area contributed by atoms with Crippen LogP contribution in [-0.2, 0) is 13.6 Å². The van der Waals surface area contributed by atoms with E-state index in [1.165, 1.54) is 10.3 Å². The summed E-state index contributed by atoms with van der Waals surface area (Å²) in [5.74, 6) is 0. The fraction of sp³-hybridized carbons (Fsp3) is 0.231. The molecule has 2 heterocycles. The largest absolute Gasteiger partial charge is 0.243 e. The van der Waals surface area contributed by atoms with Crippen LogP contribution in [0.2, 0.25) is 0 Å². The molecule has 3 aromatic rings. The van der Waals surface area contributed by atoms with Gasteiger partial charge >= 0.3 is 0 Å². The number of fused-ring (bicyclic) bond motifs is 1. The molecule has 92 valence electrons. The van der Waals surface area contributed by atoms with Gasteiger partial charge in [-0.25, -0.2) is 14.1 Å². The van der Waals surface area contributed by atoms with Crippen molar-refractivity contribution in [2.24, 2.45) is 7.05 Å². The van der Waals surface area contributed by atoms with Crippen molar-refractivity contribution in [2.75, 3.05) is 0 Å². The molecule has 0 saturated carbocycles. The second-order valence-corrected chi connectivity index (χ2v) is 6.55. The fourth-order valence-electron chi connectivity index (χ4n) is 2.08. The molecule has 18 heavy (non-hydrogen) atoms. The number of benzene rings is 1. The Morgan fingerprint density at radius 1 is 1.44 bits per heavy atom. The number of hydrogen-bond acceptors (Lipinski definition) is 2. The lowest BCUT2D eigenvalue weighted by Crippen LogP contribution is -2.23. The molecule has 0 aliphatic carbocycles. The van der Waals surface area contributed by atoms with E-state index in [2.05, 4.69) is 57.1 Å². The van der Waals surface area contributed by atoms with E-state index < -0.39 is 0 Å². The van der Waals surface area contributed by atoms with Crippen LogP contribution in [0.25, 0.3) is 10.2 Å². The average Bonchev–Trinajstić information content (AvgIpc) is 2.84. The molecule has 0 amide bonds. The van der Waals surface area contributed by atoms with Crippen LogP contribution in [0.4, 0.5) is 0 Å². The highest BCUT2D eigenvalue weighted by Crippen LogP contribution is 2.29. The summed E-state index contributed by atoms with van der Waals surface area (Å²) in [6, 6.07) is 4.29. The van der Waals surface area contributed by atoms with Crippen LogP contribution in [0.1, 0.15) is 10.6 Å². The standard InChI is InChI=1S/C13H13BrN3S/c1-9-15-13-10(5-11(14)6-12(13)18-9)7-17-4-3-16(2)8-17/h3-6,8H,7H2,1-2H3/q+1. The molecule has 3 rings (SSSR count). The average molecular weight is 323 g/mol. The maximum absolute atomic E-state index is 4.63. The highest BCUT2D eigenvalue weighted by molar-refractivity contribution is 9.10. The van der Waals surface area contributed by atoms with E-state index in [1.54, 1.807) is 11.3 Å². The van der Waals surface area contributed by atoms with E-state index in [9.17, 15) is 0 Å². The van der Waals surface area contributed by atoms with Crippen LogP contribution in [0.5, 0.6) is 0 Å². The van der Waals surface area contributed by atoms with Gasteiger partial charge in [-0.2, -0.15) is 0 Å². The molecule has 0 aliphatic heterocycles. The molecule has 3 nitrogen and oxygen atoms in total. The van der Waals surface area contributed by atoms with Gasteiger partial charge < -0.3 is 0 Å². The van der Waals surface area contributed by atoms with Crippen molar-refractivity contribution in [1.29, 1.82) is 0 Å². The summed E-state index contributed by atoms with van der Waals surface area (Å²) in [6.45, 7) is 2.90. The number of thiazole rings is 1. The van der Waals surface area contributed by atoms with Crippen molar-refractivity contribution in [3.05, 3.63) is 45.9 Å². The molecule has 1 aromatic carbocycles. The van der Waals surface area contributed by atoms with Gasteiger partial charge in [-0.05, 0) is 19.1 Å². The number of halogens is 1. The fourth-order valence-corrected chi connectivity index (χ4v) is 3.66. The Morgan fingerprint density at radius 3 is 3.00 bits per heavy atom. The van der Waals surface area contributed by atoms with Crippen molar-refractivity contribution in [2.45, 2.75) is 13.5 Å². The molecular weight excluding hydrogens is 310 g/mol. The van der Waals surface area contributed by atoms with Gasteiger partial charge in [-0.1, -0.05) is 15.9 Å². The molecule has 0 unspecified atom stereocenters. The number of aryl methyl sites for hydroxylation is 2. The summed E-state index contributed by atoms with van der Waals surface area (Å²) >= 11 is 5.32. The third-order valence-electron chi connectivity index (χ3n) is 2.82. The Kier molecular flexibility index (Phi) is 2.95. The van der Waals surface area contributed by atoms with Gasteiger partial charge in [0.2, 0.25) is 6.33 Å². The van der Waals surface area contributed by atoms with Crippen molar-refractivity contribution in [1.82, 2.24) is 9.55 Å². The third-order valence-corrected chi connectivity index (χ3v) is 4.20. The minimum Gasteiger partial charge on any atom is -0.241 e. The Bertz CT molecular complexity index is 714. The Hall–Kier alpha value is -1.20. The quantitative estimate of drug-likeness (QED) is 0.664. The second-order valence-electron chi connectivity index (χ2n) is 4.40. The van der Waals surface area contributed by atoms with Crippen molar-refractivity contribution < 1.29 is 4.57 Å². The number of aromatic nitrogens is 3. The molecule has 0 saturated heterocycles. The lowest BCUT2D eigenvalue weighted by molar-refractivity contribution is -0.671. The highest BCUT2D eigenvalue weighted by atomic mass is 79.9. The lowest BCUT2D eigenvalue weighted by atomic mass is 10.2. The minimum absolute atomic E-state index is 0.847. The number of rotatable bonds is 2. The molecule has 0 spiro atoms. The zero-order valence-electron chi connectivity index (χ0n) is 10.2. The first-order valence-corrected chi connectivity index (χ1v) is 7.29. The van der Waals surface area contributed by atoms with Crippen molar-refractivity contribution in [3.8, 4) is 0 Å². The summed E-state index contributed by atoms with van der Waals surface area (Å²) in [5, 5.41) is 1.11. The van der Waals surface area contributed by atoms with Crippen LogP contribution < -0.4 is 4.57 Å². The van der Waals surface area contributed by atoms with Gasteiger partial charge in [-0.15, -0.1) is 11.3 Å². The van der Waals surface area contributed by atoms with Gasteiger partial charge in [0.15, 0.2) is 0 Å². The van der Waals surface area contributed by atoms with Gasteiger partial charge in [0.05, 0.1) is 22.3 Å². The van der Waals surface area contributed by atoms with E-state index in [-0.39, 0.29) is 0 Å². The van der Waals surface area contributed by atoms with Gasteiger partial charge in [0.25, 0.3) is 0 Å². The molecule has 0 N–H and O–H groups in total. The molecule has 5 heteroatoms. The molecule has 0 bridgehead atoms. The first-order chi connectivity index (χ1) is 8.61. The molecule has 0 radical (unpaired) electrons. The van der Waals surface area contributed by atoms with Crippen molar-refractivity contribution >= 4 is 37.5 Å². The van der Waals surface area contributed by atoms with Crippen LogP contribution in [0, 0.1) is 6.92 Å². The Labute approximate surface area is 118 Å². The smallest absolute Gasteiger partial charge is 0.241 e. The van der Waals surface area contributed by atoms with E-state index >= 15 is 0 Å². The summed E-state index contributed by atoms with van der Waals surface area (Å²) in [7, 11) is 2.03. The van der Waals surface area contributed by atoms with Gasteiger partial charge in [0.1, 0.15) is 18.9 Å². The number of imidazole rings is 1. The number of nitrogens with zero attached hydrogens (tertiary/aromatic N) is 3. The predicted octanol–water partition coefficient (Wildman–Crippen LogP) is 3.04. The zero-order chi connectivity index (χ0) is 12.7. The maximum Gasteiger partial charge on any atom is 0.243 e. The van der Waals surface area contributed by atoms with Crippen LogP contribution >= 0.6 is 27.3 Å².